The molecule has 0 aromatic carbocycles. The Labute approximate surface area is 92.6 Å². The van der Waals surface area contributed by atoms with Crippen LogP contribution in [0.15, 0.2) is 0 Å². The van der Waals surface area contributed by atoms with Crippen molar-refractivity contribution in [2.45, 2.75) is 31.9 Å². The Morgan fingerprint density at radius 1 is 1.47 bits per heavy atom. The van der Waals surface area contributed by atoms with E-state index in [1.54, 1.807) is 0 Å². The molecule has 0 bridgehead atoms. The maximum Gasteiger partial charge on any atom is 0.0599 e. The van der Waals surface area contributed by atoms with E-state index >= 15 is 0 Å². The summed E-state index contributed by atoms with van der Waals surface area (Å²) in [5, 5.41) is 12.2. The summed E-state index contributed by atoms with van der Waals surface area (Å²) in [4.78, 5) is 2.40. The summed E-state index contributed by atoms with van der Waals surface area (Å²) < 4.78 is 5.60. The fourth-order valence-corrected chi connectivity index (χ4v) is 2.05. The zero-order valence-corrected chi connectivity index (χ0v) is 9.91. The highest BCUT2D eigenvalue weighted by atomic mass is 16.5. The lowest BCUT2D eigenvalue weighted by Crippen LogP contribution is -2.46. The van der Waals surface area contributed by atoms with Crippen LogP contribution in [0.4, 0.5) is 0 Å². The molecule has 2 N–H and O–H groups in total. The number of aliphatic hydroxyl groups is 1. The summed E-state index contributed by atoms with van der Waals surface area (Å²) in [5.41, 5.74) is 0. The Balaban J connectivity index is 2.19. The molecule has 15 heavy (non-hydrogen) atoms. The van der Waals surface area contributed by atoms with Crippen LogP contribution in [0.3, 0.4) is 0 Å². The number of hydrogen-bond acceptors (Lipinski definition) is 4. The molecule has 1 unspecified atom stereocenters. The number of aliphatic hydroxyl groups excluding tert-OH is 1. The number of nitrogens with zero attached hydrogens (tertiary/aromatic N) is 1. The van der Waals surface area contributed by atoms with Crippen molar-refractivity contribution >= 4 is 0 Å². The Hall–Kier alpha value is -0.160. The van der Waals surface area contributed by atoms with E-state index in [1.807, 2.05) is 7.05 Å². The van der Waals surface area contributed by atoms with Gasteiger partial charge in [-0.25, -0.2) is 0 Å². The molecule has 1 aliphatic heterocycles. The average molecular weight is 216 g/mol. The first-order valence-corrected chi connectivity index (χ1v) is 5.92. The van der Waals surface area contributed by atoms with E-state index < -0.39 is 0 Å². The van der Waals surface area contributed by atoms with Crippen LogP contribution in [0.5, 0.6) is 0 Å². The van der Waals surface area contributed by atoms with Crippen LogP contribution in [-0.2, 0) is 4.74 Å². The maximum absolute atomic E-state index is 9.08. The molecule has 1 saturated heterocycles. The fourth-order valence-electron chi connectivity index (χ4n) is 2.05. The molecule has 1 rings (SSSR count). The minimum absolute atomic E-state index is 0.202. The van der Waals surface area contributed by atoms with E-state index in [4.69, 9.17) is 9.84 Å². The SMILES string of the molecule is CCOC1CCN(CC(CO)NC)CC1. The maximum atomic E-state index is 9.08. The van der Waals surface area contributed by atoms with Crippen molar-refractivity contribution < 1.29 is 9.84 Å². The van der Waals surface area contributed by atoms with E-state index in [0.717, 1.165) is 39.1 Å². The molecule has 1 aliphatic rings. The van der Waals surface area contributed by atoms with E-state index in [1.165, 1.54) is 0 Å². The van der Waals surface area contributed by atoms with Gasteiger partial charge < -0.3 is 20.1 Å². The zero-order valence-electron chi connectivity index (χ0n) is 9.91. The Kier molecular flexibility index (Phi) is 6.17. The van der Waals surface area contributed by atoms with Crippen LogP contribution in [0.2, 0.25) is 0 Å². The van der Waals surface area contributed by atoms with Crippen molar-refractivity contribution in [3.8, 4) is 0 Å². The van der Waals surface area contributed by atoms with E-state index in [-0.39, 0.29) is 12.6 Å². The minimum atomic E-state index is 0.202. The van der Waals surface area contributed by atoms with Crippen LogP contribution >= 0.6 is 0 Å². The highest BCUT2D eigenvalue weighted by molar-refractivity contribution is 4.76. The number of nitrogens with one attached hydrogen (secondary N) is 1. The molecule has 4 heteroatoms. The second-order valence-corrected chi connectivity index (χ2v) is 4.12. The average Bonchev–Trinajstić information content (AvgIpc) is 2.28. The predicted molar refractivity (Wildman–Crippen MR) is 61.0 cm³/mol. The van der Waals surface area contributed by atoms with E-state index in [9.17, 15) is 0 Å². The van der Waals surface area contributed by atoms with Crippen molar-refractivity contribution in [2.24, 2.45) is 0 Å². The van der Waals surface area contributed by atoms with E-state index in [0.29, 0.717) is 6.10 Å². The number of ether oxygens (including phenoxy) is 1. The largest absolute Gasteiger partial charge is 0.395 e. The lowest BCUT2D eigenvalue weighted by molar-refractivity contribution is 0.0112. The van der Waals surface area contributed by atoms with Gasteiger partial charge in [0.25, 0.3) is 0 Å². The van der Waals surface area contributed by atoms with Gasteiger partial charge in [-0.3, -0.25) is 0 Å². The molecule has 0 saturated carbocycles. The van der Waals surface area contributed by atoms with Gasteiger partial charge in [-0.2, -0.15) is 0 Å². The summed E-state index contributed by atoms with van der Waals surface area (Å²) in [5.74, 6) is 0. The highest BCUT2D eigenvalue weighted by Crippen LogP contribution is 2.13. The molecule has 0 aromatic heterocycles. The molecular formula is C11H24N2O2. The normalized spacial score (nSPS) is 21.8. The summed E-state index contributed by atoms with van der Waals surface area (Å²) in [6.45, 7) is 6.19. The standard InChI is InChI=1S/C11H24N2O2/c1-3-15-11-4-6-13(7-5-11)8-10(9-14)12-2/h10-12,14H,3-9H2,1-2H3. The lowest BCUT2D eigenvalue weighted by Gasteiger charge is -2.33. The molecular weight excluding hydrogens is 192 g/mol. The van der Waals surface area contributed by atoms with Gasteiger partial charge in [-0.05, 0) is 26.8 Å². The smallest absolute Gasteiger partial charge is 0.0599 e. The van der Waals surface area contributed by atoms with Gasteiger partial charge >= 0.3 is 0 Å². The number of rotatable bonds is 6. The van der Waals surface area contributed by atoms with Crippen LogP contribution in [0, 0.1) is 0 Å². The van der Waals surface area contributed by atoms with Gasteiger partial charge in [0, 0.05) is 32.3 Å². The number of piperidine rings is 1. The van der Waals surface area contributed by atoms with Crippen molar-refractivity contribution in [3.63, 3.8) is 0 Å². The molecule has 4 nitrogen and oxygen atoms in total. The van der Waals surface area contributed by atoms with Crippen molar-refractivity contribution in [1.82, 2.24) is 10.2 Å². The molecule has 0 aromatic rings. The predicted octanol–water partition coefficient (Wildman–Crippen LogP) is 0.0676. The second kappa shape index (κ2) is 7.17. The molecule has 1 heterocycles. The molecule has 0 radical (unpaired) electrons. The number of likely N-dealkylation sites (tertiary alicyclic amines) is 1. The zero-order chi connectivity index (χ0) is 11.1. The Morgan fingerprint density at radius 3 is 2.60 bits per heavy atom. The monoisotopic (exact) mass is 216 g/mol. The Morgan fingerprint density at radius 2 is 2.13 bits per heavy atom. The fraction of sp³-hybridized carbons (Fsp3) is 1.00. The van der Waals surface area contributed by atoms with Gasteiger partial charge in [0.05, 0.1) is 12.7 Å². The van der Waals surface area contributed by atoms with Crippen LogP contribution in [0.25, 0.3) is 0 Å². The van der Waals surface area contributed by atoms with Gasteiger partial charge in [-0.15, -0.1) is 0 Å². The molecule has 1 fully saturated rings. The third-order valence-electron chi connectivity index (χ3n) is 3.04. The molecule has 0 spiro atoms. The summed E-state index contributed by atoms with van der Waals surface area (Å²) in [6.07, 6.45) is 2.69. The quantitative estimate of drug-likeness (QED) is 0.659. The minimum Gasteiger partial charge on any atom is -0.395 e. The number of hydrogen-bond donors (Lipinski definition) is 2. The van der Waals surface area contributed by atoms with Gasteiger partial charge in [0.15, 0.2) is 0 Å². The van der Waals surface area contributed by atoms with Crippen LogP contribution in [0.1, 0.15) is 19.8 Å². The van der Waals surface area contributed by atoms with E-state index in [2.05, 4.69) is 17.1 Å². The first-order valence-electron chi connectivity index (χ1n) is 5.92. The third-order valence-corrected chi connectivity index (χ3v) is 3.04. The van der Waals surface area contributed by atoms with Gasteiger partial charge in [0.1, 0.15) is 0 Å². The Bertz CT molecular complexity index is 155. The highest BCUT2D eigenvalue weighted by Gasteiger charge is 2.20. The summed E-state index contributed by atoms with van der Waals surface area (Å²) in [7, 11) is 1.90. The first kappa shape index (κ1) is 12.9. The molecule has 0 amide bonds. The van der Waals surface area contributed by atoms with Gasteiger partial charge in [-0.1, -0.05) is 0 Å². The third kappa shape index (κ3) is 4.47. The lowest BCUT2D eigenvalue weighted by atomic mass is 10.1. The summed E-state index contributed by atoms with van der Waals surface area (Å²) >= 11 is 0. The van der Waals surface area contributed by atoms with Crippen LogP contribution < -0.4 is 5.32 Å². The molecule has 0 aliphatic carbocycles. The van der Waals surface area contributed by atoms with Crippen molar-refractivity contribution in [1.29, 1.82) is 0 Å². The van der Waals surface area contributed by atoms with Crippen LogP contribution in [-0.4, -0.2) is 62.0 Å². The van der Waals surface area contributed by atoms with Gasteiger partial charge in [0.2, 0.25) is 0 Å². The topological polar surface area (TPSA) is 44.7 Å². The first-order chi connectivity index (χ1) is 7.30. The second-order valence-electron chi connectivity index (χ2n) is 4.12. The number of likely N-dealkylation sites (N-methyl/N-ethyl adjacent to an activating group) is 1. The van der Waals surface area contributed by atoms with Crippen molar-refractivity contribution in [2.75, 3.05) is 39.9 Å². The summed E-state index contributed by atoms with van der Waals surface area (Å²) in [6, 6.07) is 0.202. The molecule has 1 atom stereocenters. The van der Waals surface area contributed by atoms with Crippen molar-refractivity contribution in [3.05, 3.63) is 0 Å². The molecule has 90 valence electrons.